The molecular formula is C13H12ClN3O. The summed E-state index contributed by atoms with van der Waals surface area (Å²) in [6.45, 7) is 1.21. The van der Waals surface area contributed by atoms with Crippen LogP contribution >= 0.6 is 11.6 Å². The molecule has 0 aliphatic carbocycles. The van der Waals surface area contributed by atoms with Gasteiger partial charge in [0, 0.05) is 12.1 Å². The fourth-order valence-electron chi connectivity index (χ4n) is 2.13. The van der Waals surface area contributed by atoms with Gasteiger partial charge in [-0.1, -0.05) is 41.9 Å². The summed E-state index contributed by atoms with van der Waals surface area (Å²) in [5, 5.41) is 7.64. The summed E-state index contributed by atoms with van der Waals surface area (Å²) in [7, 11) is 0. The zero-order valence-corrected chi connectivity index (χ0v) is 10.4. The molecule has 1 aliphatic heterocycles. The Kier molecular flexibility index (Phi) is 2.80. The molecule has 0 saturated carbocycles. The van der Waals surface area contributed by atoms with Gasteiger partial charge in [0.2, 0.25) is 0 Å². The number of amides is 1. The van der Waals surface area contributed by atoms with E-state index in [0.29, 0.717) is 23.9 Å². The standard InChI is InChI=1S/C13H12ClN3O/c14-12-10-6-7-15-13(18)11(10)16-17(12)8-9-4-2-1-3-5-9/h1-5H,6-8H2,(H,15,18). The van der Waals surface area contributed by atoms with E-state index in [1.165, 1.54) is 0 Å². The van der Waals surface area contributed by atoms with E-state index in [-0.39, 0.29) is 5.91 Å². The van der Waals surface area contributed by atoms with Crippen molar-refractivity contribution in [1.82, 2.24) is 15.1 Å². The maximum atomic E-state index is 11.7. The minimum absolute atomic E-state index is 0.134. The summed E-state index contributed by atoms with van der Waals surface area (Å²) in [4.78, 5) is 11.7. The highest BCUT2D eigenvalue weighted by molar-refractivity contribution is 6.31. The number of hydrogen-bond acceptors (Lipinski definition) is 2. The van der Waals surface area contributed by atoms with Crippen molar-refractivity contribution in [2.75, 3.05) is 6.54 Å². The van der Waals surface area contributed by atoms with E-state index in [4.69, 9.17) is 11.6 Å². The van der Waals surface area contributed by atoms with Gasteiger partial charge in [0.1, 0.15) is 5.15 Å². The Hall–Kier alpha value is -1.81. The molecule has 0 fully saturated rings. The molecule has 1 N–H and O–H groups in total. The molecule has 1 aromatic carbocycles. The number of hydrogen-bond donors (Lipinski definition) is 1. The molecule has 92 valence electrons. The second-order valence-electron chi connectivity index (χ2n) is 4.27. The number of rotatable bonds is 2. The molecule has 0 radical (unpaired) electrons. The molecule has 0 saturated heterocycles. The zero-order valence-electron chi connectivity index (χ0n) is 9.69. The number of fused-ring (bicyclic) bond motifs is 1. The van der Waals surface area contributed by atoms with Crippen LogP contribution in [0.1, 0.15) is 21.6 Å². The van der Waals surface area contributed by atoms with Crippen LogP contribution in [0.25, 0.3) is 0 Å². The van der Waals surface area contributed by atoms with Gasteiger partial charge in [0.25, 0.3) is 5.91 Å². The van der Waals surface area contributed by atoms with Gasteiger partial charge < -0.3 is 5.32 Å². The van der Waals surface area contributed by atoms with Gasteiger partial charge in [-0.25, -0.2) is 4.68 Å². The summed E-state index contributed by atoms with van der Waals surface area (Å²) in [5.74, 6) is -0.134. The third-order valence-corrected chi connectivity index (χ3v) is 3.46. The predicted molar refractivity (Wildman–Crippen MR) is 68.8 cm³/mol. The fraction of sp³-hybridized carbons (Fsp3) is 0.231. The molecule has 1 aromatic heterocycles. The Bertz CT molecular complexity index is 592. The topological polar surface area (TPSA) is 46.9 Å². The van der Waals surface area contributed by atoms with Crippen LogP contribution in [-0.4, -0.2) is 22.2 Å². The summed E-state index contributed by atoms with van der Waals surface area (Å²) >= 11 is 6.28. The van der Waals surface area contributed by atoms with E-state index in [1.807, 2.05) is 30.3 Å². The number of carbonyl (C=O) groups excluding carboxylic acids is 1. The Balaban J connectivity index is 1.96. The fourth-order valence-corrected chi connectivity index (χ4v) is 2.41. The lowest BCUT2D eigenvalue weighted by Crippen LogP contribution is -2.31. The highest BCUT2D eigenvalue weighted by Crippen LogP contribution is 2.23. The number of aromatic nitrogens is 2. The SMILES string of the molecule is O=C1NCCc2c1nn(Cc1ccccc1)c2Cl. The van der Waals surface area contributed by atoms with Crippen LogP contribution in [0.15, 0.2) is 30.3 Å². The van der Waals surface area contributed by atoms with Crippen molar-refractivity contribution >= 4 is 17.5 Å². The highest BCUT2D eigenvalue weighted by atomic mass is 35.5. The molecular weight excluding hydrogens is 250 g/mol. The molecule has 18 heavy (non-hydrogen) atoms. The van der Waals surface area contributed by atoms with Crippen LogP contribution in [0.2, 0.25) is 5.15 Å². The van der Waals surface area contributed by atoms with E-state index < -0.39 is 0 Å². The first-order valence-electron chi connectivity index (χ1n) is 5.83. The second-order valence-corrected chi connectivity index (χ2v) is 4.63. The van der Waals surface area contributed by atoms with E-state index in [2.05, 4.69) is 10.4 Å². The molecule has 0 bridgehead atoms. The third-order valence-electron chi connectivity index (χ3n) is 3.03. The van der Waals surface area contributed by atoms with Gasteiger partial charge >= 0.3 is 0 Å². The maximum Gasteiger partial charge on any atom is 0.272 e. The minimum atomic E-state index is -0.134. The summed E-state index contributed by atoms with van der Waals surface area (Å²) < 4.78 is 1.69. The van der Waals surface area contributed by atoms with Gasteiger partial charge in [0.05, 0.1) is 6.54 Å². The summed E-state index contributed by atoms with van der Waals surface area (Å²) in [6, 6.07) is 9.93. The normalized spacial score (nSPS) is 14.2. The highest BCUT2D eigenvalue weighted by Gasteiger charge is 2.25. The summed E-state index contributed by atoms with van der Waals surface area (Å²) in [5.41, 5.74) is 2.43. The Morgan fingerprint density at radius 3 is 2.83 bits per heavy atom. The first kappa shape index (κ1) is 11.3. The molecule has 2 heterocycles. The quantitative estimate of drug-likeness (QED) is 0.897. The molecule has 0 spiro atoms. The Morgan fingerprint density at radius 1 is 1.33 bits per heavy atom. The smallest absolute Gasteiger partial charge is 0.272 e. The largest absolute Gasteiger partial charge is 0.350 e. The maximum absolute atomic E-state index is 11.7. The molecule has 0 atom stereocenters. The van der Waals surface area contributed by atoms with Crippen molar-refractivity contribution < 1.29 is 4.79 Å². The minimum Gasteiger partial charge on any atom is -0.350 e. The molecule has 2 aromatic rings. The summed E-state index contributed by atoms with van der Waals surface area (Å²) in [6.07, 6.45) is 0.745. The van der Waals surface area contributed by atoms with E-state index >= 15 is 0 Å². The van der Waals surface area contributed by atoms with Crippen molar-refractivity contribution in [3.63, 3.8) is 0 Å². The predicted octanol–water partition coefficient (Wildman–Crippen LogP) is 1.87. The third kappa shape index (κ3) is 1.88. The molecule has 5 heteroatoms. The number of carbonyl (C=O) groups is 1. The van der Waals surface area contributed by atoms with Gasteiger partial charge in [-0.05, 0) is 12.0 Å². The van der Waals surface area contributed by atoms with Crippen molar-refractivity contribution in [3.8, 4) is 0 Å². The lowest BCUT2D eigenvalue weighted by Gasteiger charge is -2.09. The first-order chi connectivity index (χ1) is 8.75. The zero-order chi connectivity index (χ0) is 12.5. The van der Waals surface area contributed by atoms with Crippen LogP contribution in [0.4, 0.5) is 0 Å². The number of halogens is 1. The van der Waals surface area contributed by atoms with Gasteiger partial charge in [-0.2, -0.15) is 5.10 Å². The van der Waals surface area contributed by atoms with Crippen molar-refractivity contribution in [2.45, 2.75) is 13.0 Å². The van der Waals surface area contributed by atoms with Crippen molar-refractivity contribution in [2.24, 2.45) is 0 Å². The van der Waals surface area contributed by atoms with Gasteiger partial charge in [0.15, 0.2) is 5.69 Å². The second kappa shape index (κ2) is 4.46. The molecule has 3 rings (SSSR count). The number of benzene rings is 1. The van der Waals surface area contributed by atoms with E-state index in [9.17, 15) is 4.79 Å². The molecule has 4 nitrogen and oxygen atoms in total. The lowest BCUT2D eigenvalue weighted by molar-refractivity contribution is 0.0940. The van der Waals surface area contributed by atoms with Gasteiger partial charge in [-0.3, -0.25) is 4.79 Å². The van der Waals surface area contributed by atoms with Crippen LogP contribution in [-0.2, 0) is 13.0 Å². The number of nitrogens with one attached hydrogen (secondary N) is 1. The lowest BCUT2D eigenvalue weighted by atomic mass is 10.1. The molecule has 1 aliphatic rings. The molecule has 0 unspecified atom stereocenters. The van der Waals surface area contributed by atoms with E-state index in [0.717, 1.165) is 17.5 Å². The Labute approximate surface area is 110 Å². The van der Waals surface area contributed by atoms with Crippen molar-refractivity contribution in [3.05, 3.63) is 52.3 Å². The monoisotopic (exact) mass is 261 g/mol. The average molecular weight is 262 g/mol. The van der Waals surface area contributed by atoms with E-state index in [1.54, 1.807) is 4.68 Å². The van der Waals surface area contributed by atoms with Crippen LogP contribution < -0.4 is 5.32 Å². The van der Waals surface area contributed by atoms with Crippen LogP contribution in [0.3, 0.4) is 0 Å². The van der Waals surface area contributed by atoms with Crippen LogP contribution in [0.5, 0.6) is 0 Å². The average Bonchev–Trinajstić information content (AvgIpc) is 2.70. The Morgan fingerprint density at radius 2 is 2.11 bits per heavy atom. The number of nitrogens with zero attached hydrogens (tertiary/aromatic N) is 2. The van der Waals surface area contributed by atoms with Gasteiger partial charge in [-0.15, -0.1) is 0 Å². The molecule has 1 amide bonds. The van der Waals surface area contributed by atoms with Crippen LogP contribution in [0, 0.1) is 0 Å². The first-order valence-corrected chi connectivity index (χ1v) is 6.21. The van der Waals surface area contributed by atoms with Crippen molar-refractivity contribution in [1.29, 1.82) is 0 Å².